The molecule has 0 fully saturated rings. The molecular weight excluding hydrogens is 284 g/mol. The maximum Gasteiger partial charge on any atom is 0.327 e. The molecule has 0 aliphatic heterocycles. The van der Waals surface area contributed by atoms with Crippen LogP contribution >= 0.6 is 0 Å². The van der Waals surface area contributed by atoms with Crippen LogP contribution < -0.4 is 0 Å². The molecule has 0 aliphatic rings. The van der Waals surface area contributed by atoms with Crippen molar-refractivity contribution in [2.24, 2.45) is 0 Å². The van der Waals surface area contributed by atoms with Crippen molar-refractivity contribution in [3.05, 3.63) is 11.4 Å². The standard InChI is InChI=1S/C14H34O2Si3/c1-9-18(10-2,14-13-17(6,7)8)16-19(11-3,12-4)15-5/h13-14H,9-12H2,1-8H3. The summed E-state index contributed by atoms with van der Waals surface area (Å²) >= 11 is 0. The van der Waals surface area contributed by atoms with Crippen LogP contribution in [0.3, 0.4) is 0 Å². The van der Waals surface area contributed by atoms with Crippen LogP contribution in [0.5, 0.6) is 0 Å². The largest absolute Gasteiger partial charge is 0.432 e. The first-order valence-electron chi connectivity index (χ1n) is 7.67. The van der Waals surface area contributed by atoms with Crippen LogP contribution in [-0.2, 0) is 8.54 Å². The van der Waals surface area contributed by atoms with Crippen molar-refractivity contribution in [1.29, 1.82) is 0 Å². The molecule has 0 rings (SSSR count). The molecule has 0 amide bonds. The summed E-state index contributed by atoms with van der Waals surface area (Å²) in [6, 6.07) is 4.41. The molecule has 0 saturated carbocycles. The fourth-order valence-corrected chi connectivity index (χ4v) is 13.3. The van der Waals surface area contributed by atoms with E-state index in [4.69, 9.17) is 8.54 Å². The molecule has 0 N–H and O–H groups in total. The monoisotopic (exact) mass is 318 g/mol. The summed E-state index contributed by atoms with van der Waals surface area (Å²) in [5.74, 6) is 0. The maximum absolute atomic E-state index is 6.76. The summed E-state index contributed by atoms with van der Waals surface area (Å²) < 4.78 is 12.6. The Hall–Kier alpha value is 0.311. The second kappa shape index (κ2) is 7.93. The van der Waals surface area contributed by atoms with Crippen LogP contribution in [0.15, 0.2) is 11.4 Å². The topological polar surface area (TPSA) is 18.5 Å². The molecule has 0 aliphatic carbocycles. The molecule has 0 heterocycles. The Morgan fingerprint density at radius 3 is 1.53 bits per heavy atom. The van der Waals surface area contributed by atoms with Gasteiger partial charge in [0.25, 0.3) is 0 Å². The van der Waals surface area contributed by atoms with Crippen LogP contribution in [0.25, 0.3) is 0 Å². The molecule has 0 aromatic rings. The first-order chi connectivity index (χ1) is 8.72. The molecule has 0 saturated heterocycles. The predicted octanol–water partition coefficient (Wildman–Crippen LogP) is 5.09. The molecule has 0 bridgehead atoms. The highest BCUT2D eigenvalue weighted by Gasteiger charge is 2.41. The van der Waals surface area contributed by atoms with Gasteiger partial charge in [0.05, 0.1) is 8.07 Å². The zero-order valence-electron chi connectivity index (χ0n) is 14.3. The molecule has 0 unspecified atom stereocenters. The summed E-state index contributed by atoms with van der Waals surface area (Å²) in [4.78, 5) is 0. The third-order valence-electron chi connectivity index (χ3n) is 3.92. The lowest BCUT2D eigenvalue weighted by Crippen LogP contribution is -2.51. The average molecular weight is 319 g/mol. The van der Waals surface area contributed by atoms with E-state index < -0.39 is 25.0 Å². The second-order valence-corrected chi connectivity index (χ2v) is 19.8. The van der Waals surface area contributed by atoms with Crippen LogP contribution in [-0.4, -0.2) is 32.1 Å². The number of hydrogen-bond acceptors (Lipinski definition) is 2. The lowest BCUT2D eigenvalue weighted by molar-refractivity contribution is 0.295. The molecule has 114 valence electrons. The fraction of sp³-hybridized carbons (Fsp3) is 0.857. The van der Waals surface area contributed by atoms with E-state index in [1.54, 1.807) is 0 Å². The van der Waals surface area contributed by atoms with E-state index in [0.29, 0.717) is 0 Å². The Kier molecular flexibility index (Phi) is 8.06. The third-order valence-corrected chi connectivity index (χ3v) is 14.6. The van der Waals surface area contributed by atoms with Crippen molar-refractivity contribution < 1.29 is 8.54 Å². The minimum absolute atomic E-state index is 1.05. The first kappa shape index (κ1) is 19.3. The van der Waals surface area contributed by atoms with E-state index >= 15 is 0 Å². The highest BCUT2D eigenvalue weighted by atomic mass is 28.4. The van der Waals surface area contributed by atoms with Gasteiger partial charge in [0.15, 0.2) is 0 Å². The number of rotatable bonds is 9. The third kappa shape index (κ3) is 6.08. The summed E-state index contributed by atoms with van der Waals surface area (Å²) in [6.07, 6.45) is 0. The summed E-state index contributed by atoms with van der Waals surface area (Å²) in [5.41, 5.74) is 4.96. The van der Waals surface area contributed by atoms with Gasteiger partial charge < -0.3 is 8.54 Å². The zero-order valence-corrected chi connectivity index (χ0v) is 17.3. The van der Waals surface area contributed by atoms with E-state index in [-0.39, 0.29) is 0 Å². The molecule has 0 radical (unpaired) electrons. The summed E-state index contributed by atoms with van der Waals surface area (Å²) in [6.45, 7) is 16.1. The van der Waals surface area contributed by atoms with Gasteiger partial charge >= 0.3 is 8.56 Å². The van der Waals surface area contributed by atoms with E-state index in [9.17, 15) is 0 Å². The van der Waals surface area contributed by atoms with Crippen molar-refractivity contribution in [3.8, 4) is 0 Å². The minimum Gasteiger partial charge on any atom is -0.432 e. The molecule has 0 aromatic heterocycles. The van der Waals surface area contributed by atoms with Crippen molar-refractivity contribution in [3.63, 3.8) is 0 Å². The van der Waals surface area contributed by atoms with Gasteiger partial charge in [-0.25, -0.2) is 0 Å². The van der Waals surface area contributed by atoms with Gasteiger partial charge in [-0.15, -0.1) is 5.70 Å². The number of hydrogen-bond donors (Lipinski definition) is 0. The van der Waals surface area contributed by atoms with Gasteiger partial charge in [-0.3, -0.25) is 0 Å². The maximum atomic E-state index is 6.76. The Labute approximate surface area is 124 Å². The minimum atomic E-state index is -1.97. The van der Waals surface area contributed by atoms with Crippen LogP contribution in [0.2, 0.25) is 43.8 Å². The smallest absolute Gasteiger partial charge is 0.327 e. The Bertz CT molecular complexity index is 269. The molecule has 0 atom stereocenters. The average Bonchev–Trinajstić information content (AvgIpc) is 2.40. The van der Waals surface area contributed by atoms with Crippen molar-refractivity contribution in [2.45, 2.75) is 71.5 Å². The van der Waals surface area contributed by atoms with E-state index in [0.717, 1.165) is 24.2 Å². The van der Waals surface area contributed by atoms with Gasteiger partial charge in [0.2, 0.25) is 8.32 Å². The van der Waals surface area contributed by atoms with Gasteiger partial charge in [-0.1, -0.05) is 53.0 Å². The van der Waals surface area contributed by atoms with Crippen molar-refractivity contribution in [2.75, 3.05) is 7.11 Å². The molecule has 19 heavy (non-hydrogen) atoms. The van der Waals surface area contributed by atoms with Gasteiger partial charge in [-0.05, 0) is 24.2 Å². The fourth-order valence-electron chi connectivity index (χ4n) is 2.16. The van der Waals surface area contributed by atoms with Crippen molar-refractivity contribution >= 4 is 25.0 Å². The van der Waals surface area contributed by atoms with Gasteiger partial charge in [-0.2, -0.15) is 0 Å². The Morgan fingerprint density at radius 2 is 1.26 bits per heavy atom. The van der Waals surface area contributed by atoms with E-state index in [2.05, 4.69) is 58.7 Å². The molecule has 0 aromatic carbocycles. The van der Waals surface area contributed by atoms with E-state index in [1.807, 2.05) is 7.11 Å². The quantitative estimate of drug-likeness (QED) is 0.551. The molecular formula is C14H34O2Si3. The molecule has 5 heteroatoms. The van der Waals surface area contributed by atoms with E-state index in [1.165, 1.54) is 0 Å². The van der Waals surface area contributed by atoms with Crippen LogP contribution in [0.4, 0.5) is 0 Å². The van der Waals surface area contributed by atoms with Gasteiger partial charge in [0, 0.05) is 7.11 Å². The predicted molar refractivity (Wildman–Crippen MR) is 94.0 cm³/mol. The molecule has 2 nitrogen and oxygen atoms in total. The van der Waals surface area contributed by atoms with Crippen molar-refractivity contribution in [1.82, 2.24) is 0 Å². The first-order valence-corrected chi connectivity index (χ1v) is 15.9. The Balaban J connectivity index is 5.24. The second-order valence-electron chi connectivity index (χ2n) is 6.40. The van der Waals surface area contributed by atoms with Crippen LogP contribution in [0.1, 0.15) is 27.7 Å². The Morgan fingerprint density at radius 1 is 0.789 bits per heavy atom. The zero-order chi connectivity index (χ0) is 15.2. The highest BCUT2D eigenvalue weighted by Crippen LogP contribution is 2.29. The highest BCUT2D eigenvalue weighted by molar-refractivity contribution is 6.89. The SMILES string of the molecule is CC[Si](C=C[Si](C)(C)C)(CC)O[Si](CC)(CC)OC. The van der Waals surface area contributed by atoms with Crippen LogP contribution in [0, 0.1) is 0 Å². The van der Waals surface area contributed by atoms with Gasteiger partial charge in [0.1, 0.15) is 0 Å². The summed E-state index contributed by atoms with van der Waals surface area (Å²) in [7, 11) is -3.04. The lowest BCUT2D eigenvalue weighted by Gasteiger charge is -2.38. The lowest BCUT2D eigenvalue weighted by atomic mass is 10.9. The normalized spacial score (nSPS) is 14.3. The summed E-state index contributed by atoms with van der Waals surface area (Å²) in [5, 5.41) is 0. The molecule has 0 spiro atoms.